The first-order valence-corrected chi connectivity index (χ1v) is 7.10. The minimum Gasteiger partial charge on any atom is -0.243 e. The summed E-state index contributed by atoms with van der Waals surface area (Å²) in [7, 11) is 0. The van der Waals surface area contributed by atoms with E-state index in [1.165, 1.54) is 11.3 Å². The molecule has 2 aromatic heterocycles. The van der Waals surface area contributed by atoms with Crippen LogP contribution in [0.2, 0.25) is 0 Å². The van der Waals surface area contributed by atoms with Crippen LogP contribution in [0, 0.1) is 0 Å². The van der Waals surface area contributed by atoms with Gasteiger partial charge in [-0.2, -0.15) is 13.2 Å². The van der Waals surface area contributed by atoms with Gasteiger partial charge in [0.15, 0.2) is 0 Å². The zero-order valence-corrected chi connectivity index (χ0v) is 11.6. The standard InChI is InChI=1S/C16H10F3NS/c17-16(18,19)15-10-12(14-7-4-8-21-14)9-13(20-15)11-5-2-1-3-6-11/h1-10H. The SMILES string of the molecule is FC(F)(F)c1cc(-c2cccs2)cc(-c2ccccc2)n1. The number of benzene rings is 1. The molecule has 0 saturated heterocycles. The van der Waals surface area contributed by atoms with Crippen LogP contribution in [0.1, 0.15) is 5.69 Å². The largest absolute Gasteiger partial charge is 0.433 e. The lowest BCUT2D eigenvalue weighted by molar-refractivity contribution is -0.141. The van der Waals surface area contributed by atoms with Gasteiger partial charge in [-0.25, -0.2) is 4.98 Å². The van der Waals surface area contributed by atoms with E-state index < -0.39 is 11.9 Å². The molecule has 5 heteroatoms. The monoisotopic (exact) mass is 305 g/mol. The fraction of sp³-hybridized carbons (Fsp3) is 0.0625. The van der Waals surface area contributed by atoms with Crippen molar-refractivity contribution in [3.8, 4) is 21.7 Å². The number of hydrogen-bond donors (Lipinski definition) is 0. The Labute approximate surface area is 123 Å². The minimum absolute atomic E-state index is 0.328. The van der Waals surface area contributed by atoms with Crippen molar-refractivity contribution in [2.45, 2.75) is 6.18 Å². The number of halogens is 3. The second-order valence-corrected chi connectivity index (χ2v) is 5.42. The van der Waals surface area contributed by atoms with E-state index in [1.807, 2.05) is 17.5 Å². The molecule has 0 saturated carbocycles. The first-order valence-electron chi connectivity index (χ1n) is 6.22. The summed E-state index contributed by atoms with van der Waals surface area (Å²) in [6.07, 6.45) is -4.46. The summed E-state index contributed by atoms with van der Waals surface area (Å²) in [5.41, 5.74) is 0.661. The third-order valence-corrected chi connectivity index (χ3v) is 3.91. The highest BCUT2D eigenvalue weighted by molar-refractivity contribution is 7.13. The third kappa shape index (κ3) is 2.97. The molecule has 0 amide bonds. The maximum atomic E-state index is 13.0. The van der Waals surface area contributed by atoms with E-state index in [2.05, 4.69) is 4.98 Å². The van der Waals surface area contributed by atoms with Crippen LogP contribution in [-0.4, -0.2) is 4.98 Å². The molecule has 0 N–H and O–H groups in total. The normalized spacial score (nSPS) is 11.6. The molecule has 2 heterocycles. The van der Waals surface area contributed by atoms with Crippen molar-refractivity contribution in [3.05, 3.63) is 65.7 Å². The summed E-state index contributed by atoms with van der Waals surface area (Å²) < 4.78 is 39.1. The van der Waals surface area contributed by atoms with Crippen molar-refractivity contribution in [2.75, 3.05) is 0 Å². The van der Waals surface area contributed by atoms with Crippen molar-refractivity contribution in [1.29, 1.82) is 0 Å². The van der Waals surface area contributed by atoms with Crippen LogP contribution in [0.15, 0.2) is 60.0 Å². The van der Waals surface area contributed by atoms with Crippen LogP contribution in [0.4, 0.5) is 13.2 Å². The molecule has 3 rings (SSSR count). The molecular formula is C16H10F3NS. The smallest absolute Gasteiger partial charge is 0.243 e. The van der Waals surface area contributed by atoms with Crippen molar-refractivity contribution >= 4 is 11.3 Å². The Bertz CT molecular complexity index is 734. The predicted molar refractivity (Wildman–Crippen MR) is 78.0 cm³/mol. The first kappa shape index (κ1) is 13.8. The molecule has 106 valence electrons. The molecule has 0 unspecified atom stereocenters. The lowest BCUT2D eigenvalue weighted by Crippen LogP contribution is -2.08. The Morgan fingerprint density at radius 3 is 2.24 bits per heavy atom. The van der Waals surface area contributed by atoms with Crippen LogP contribution in [0.5, 0.6) is 0 Å². The first-order chi connectivity index (χ1) is 10.0. The second kappa shape index (κ2) is 5.33. The topological polar surface area (TPSA) is 12.9 Å². The molecule has 0 fully saturated rings. The van der Waals surface area contributed by atoms with E-state index in [0.717, 1.165) is 10.9 Å². The number of rotatable bonds is 2. The summed E-state index contributed by atoms with van der Waals surface area (Å²) >= 11 is 1.40. The summed E-state index contributed by atoms with van der Waals surface area (Å²) in [6.45, 7) is 0. The molecule has 0 aliphatic carbocycles. The van der Waals surface area contributed by atoms with Crippen molar-refractivity contribution in [2.24, 2.45) is 0 Å². The van der Waals surface area contributed by atoms with E-state index in [1.54, 1.807) is 36.4 Å². The van der Waals surface area contributed by atoms with E-state index in [0.29, 0.717) is 16.8 Å². The molecule has 0 aliphatic heterocycles. The molecule has 0 spiro atoms. The molecule has 0 bridgehead atoms. The Morgan fingerprint density at radius 1 is 0.857 bits per heavy atom. The predicted octanol–water partition coefficient (Wildman–Crippen LogP) is 5.50. The van der Waals surface area contributed by atoms with Gasteiger partial charge in [-0.15, -0.1) is 11.3 Å². The summed E-state index contributed by atoms with van der Waals surface area (Å²) in [5, 5.41) is 1.84. The Balaban J connectivity index is 2.19. The van der Waals surface area contributed by atoms with E-state index in [-0.39, 0.29) is 0 Å². The lowest BCUT2D eigenvalue weighted by atomic mass is 10.1. The van der Waals surface area contributed by atoms with Gasteiger partial charge in [-0.3, -0.25) is 0 Å². The Kier molecular flexibility index (Phi) is 3.51. The van der Waals surface area contributed by atoms with Gasteiger partial charge < -0.3 is 0 Å². The second-order valence-electron chi connectivity index (χ2n) is 4.47. The average Bonchev–Trinajstić information content (AvgIpc) is 3.01. The lowest BCUT2D eigenvalue weighted by Gasteiger charge is -2.11. The van der Waals surface area contributed by atoms with Gasteiger partial charge in [0.2, 0.25) is 0 Å². The number of thiophene rings is 1. The van der Waals surface area contributed by atoms with Gasteiger partial charge >= 0.3 is 6.18 Å². The maximum Gasteiger partial charge on any atom is 0.433 e. The van der Waals surface area contributed by atoms with Crippen LogP contribution >= 0.6 is 11.3 Å². The van der Waals surface area contributed by atoms with Crippen molar-refractivity contribution < 1.29 is 13.2 Å². The third-order valence-electron chi connectivity index (χ3n) is 2.99. The average molecular weight is 305 g/mol. The summed E-state index contributed by atoms with van der Waals surface area (Å²) in [6, 6.07) is 15.3. The van der Waals surface area contributed by atoms with Crippen molar-refractivity contribution in [1.82, 2.24) is 4.98 Å². The molecule has 0 radical (unpaired) electrons. The zero-order valence-electron chi connectivity index (χ0n) is 10.8. The van der Waals surface area contributed by atoms with Gasteiger partial charge in [0.1, 0.15) is 5.69 Å². The van der Waals surface area contributed by atoms with E-state index in [9.17, 15) is 13.2 Å². The fourth-order valence-corrected chi connectivity index (χ4v) is 2.73. The highest BCUT2D eigenvalue weighted by Gasteiger charge is 2.33. The van der Waals surface area contributed by atoms with Gasteiger partial charge in [0.05, 0.1) is 5.69 Å². The van der Waals surface area contributed by atoms with Gasteiger partial charge in [0.25, 0.3) is 0 Å². The summed E-state index contributed by atoms with van der Waals surface area (Å²) in [5.74, 6) is 0. The molecular weight excluding hydrogens is 295 g/mol. The number of alkyl halides is 3. The molecule has 21 heavy (non-hydrogen) atoms. The Hall–Kier alpha value is -2.14. The van der Waals surface area contributed by atoms with Gasteiger partial charge in [0, 0.05) is 10.4 Å². The van der Waals surface area contributed by atoms with Crippen LogP contribution in [0.25, 0.3) is 21.7 Å². The highest BCUT2D eigenvalue weighted by atomic mass is 32.1. The minimum atomic E-state index is -4.46. The van der Waals surface area contributed by atoms with Gasteiger partial charge in [-0.05, 0) is 29.1 Å². The molecule has 1 aromatic carbocycles. The molecule has 1 nitrogen and oxygen atoms in total. The van der Waals surface area contributed by atoms with E-state index in [4.69, 9.17) is 0 Å². The van der Waals surface area contributed by atoms with Crippen LogP contribution in [-0.2, 0) is 6.18 Å². The molecule has 0 atom stereocenters. The maximum absolute atomic E-state index is 13.0. The zero-order chi connectivity index (χ0) is 14.9. The fourth-order valence-electron chi connectivity index (χ4n) is 2.02. The molecule has 0 aliphatic rings. The summed E-state index contributed by atoms with van der Waals surface area (Å²) in [4.78, 5) is 4.56. The highest BCUT2D eigenvalue weighted by Crippen LogP contribution is 2.35. The van der Waals surface area contributed by atoms with E-state index >= 15 is 0 Å². The number of hydrogen-bond acceptors (Lipinski definition) is 2. The molecule has 3 aromatic rings. The van der Waals surface area contributed by atoms with Gasteiger partial charge in [-0.1, -0.05) is 36.4 Å². The van der Waals surface area contributed by atoms with Crippen molar-refractivity contribution in [3.63, 3.8) is 0 Å². The van der Waals surface area contributed by atoms with Crippen LogP contribution < -0.4 is 0 Å². The Morgan fingerprint density at radius 2 is 1.62 bits per heavy atom. The number of aromatic nitrogens is 1. The number of pyridine rings is 1. The quantitative estimate of drug-likeness (QED) is 0.609. The van der Waals surface area contributed by atoms with Crippen LogP contribution in [0.3, 0.4) is 0 Å². The number of nitrogens with zero attached hydrogens (tertiary/aromatic N) is 1.